The van der Waals surface area contributed by atoms with Crippen LogP contribution in [-0.4, -0.2) is 39.5 Å². The topological polar surface area (TPSA) is 122 Å². The fourth-order valence-corrected chi connectivity index (χ4v) is 4.13. The molecule has 2 rings (SSSR count). The molecule has 0 aliphatic carbocycles. The molecule has 8 heteroatoms. The van der Waals surface area contributed by atoms with Crippen LogP contribution in [0.1, 0.15) is 39.2 Å². The van der Waals surface area contributed by atoms with Crippen LogP contribution in [0, 0.1) is 16.0 Å². The number of piperidine rings is 1. The Morgan fingerprint density at radius 3 is 2.24 bits per heavy atom. The van der Waals surface area contributed by atoms with Crippen molar-refractivity contribution >= 4 is 18.1 Å². The van der Waals surface area contributed by atoms with Gasteiger partial charge in [0.25, 0.3) is 5.69 Å². The summed E-state index contributed by atoms with van der Waals surface area (Å²) < 4.78 is 0. The summed E-state index contributed by atoms with van der Waals surface area (Å²) >= 11 is 0. The van der Waals surface area contributed by atoms with Crippen molar-refractivity contribution in [3.05, 3.63) is 39.9 Å². The summed E-state index contributed by atoms with van der Waals surface area (Å²) in [6.45, 7) is 7.41. The number of nitro benzene ring substituents is 1. The minimum atomic E-state index is -0.992. The quantitative estimate of drug-likeness (QED) is 0.422. The van der Waals surface area contributed by atoms with E-state index in [1.165, 1.54) is 12.1 Å². The van der Waals surface area contributed by atoms with Gasteiger partial charge in [-0.1, -0.05) is 12.1 Å². The number of hydrogen-bond donors (Lipinski definition) is 3. The molecule has 1 amide bonds. The Balaban J connectivity index is 2.60. The molecule has 25 heavy (non-hydrogen) atoms. The number of aliphatic carboxylic acids is 1. The second kappa shape index (κ2) is 6.44. The summed E-state index contributed by atoms with van der Waals surface area (Å²) in [5.74, 6) is -2.37. The van der Waals surface area contributed by atoms with Gasteiger partial charge in [0.1, 0.15) is 0 Å². The lowest BCUT2D eigenvalue weighted by molar-refractivity contribution is -0.384. The Morgan fingerprint density at radius 1 is 1.24 bits per heavy atom. The minimum absolute atomic E-state index is 0.0667. The largest absolute Gasteiger partial charge is 0.481 e. The molecule has 1 aliphatic rings. The van der Waals surface area contributed by atoms with E-state index in [9.17, 15) is 24.8 Å². The van der Waals surface area contributed by atoms with Gasteiger partial charge >= 0.3 is 5.97 Å². The Labute approximate surface area is 145 Å². The standard InChI is InChI=1S/C17H23N3O5/c1-16(2)13(15(22)23)12(14(18-9-21)17(3,4)19-16)10-5-7-11(8-6-10)20(24)25/h5-9,12-14,19H,1-4H3,(H,18,21)(H,22,23). The lowest BCUT2D eigenvalue weighted by Gasteiger charge is -2.55. The number of amides is 1. The Bertz CT molecular complexity index is 684. The van der Waals surface area contributed by atoms with E-state index in [0.29, 0.717) is 12.0 Å². The van der Waals surface area contributed by atoms with E-state index in [0.717, 1.165) is 0 Å². The normalized spacial score (nSPS) is 27.3. The highest BCUT2D eigenvalue weighted by Crippen LogP contribution is 2.44. The molecule has 0 aromatic heterocycles. The predicted molar refractivity (Wildman–Crippen MR) is 91.2 cm³/mol. The maximum Gasteiger partial charge on any atom is 0.309 e. The van der Waals surface area contributed by atoms with E-state index >= 15 is 0 Å². The van der Waals surface area contributed by atoms with Crippen molar-refractivity contribution in [3.63, 3.8) is 0 Å². The average molecular weight is 349 g/mol. The third-order valence-electron chi connectivity index (χ3n) is 4.92. The molecule has 0 bridgehead atoms. The summed E-state index contributed by atoms with van der Waals surface area (Å²) in [5.41, 5.74) is -0.756. The van der Waals surface area contributed by atoms with Gasteiger partial charge in [0, 0.05) is 29.1 Å². The first-order chi connectivity index (χ1) is 11.5. The fourth-order valence-electron chi connectivity index (χ4n) is 4.13. The molecule has 1 aromatic carbocycles. The van der Waals surface area contributed by atoms with Crippen LogP contribution in [0.25, 0.3) is 0 Å². The molecule has 0 spiro atoms. The van der Waals surface area contributed by atoms with E-state index in [4.69, 9.17) is 0 Å². The number of nitro groups is 1. The van der Waals surface area contributed by atoms with Gasteiger partial charge in [0.05, 0.1) is 16.9 Å². The maximum atomic E-state index is 12.0. The molecule has 1 fully saturated rings. The summed E-state index contributed by atoms with van der Waals surface area (Å²) in [4.78, 5) is 33.5. The number of carbonyl (C=O) groups excluding carboxylic acids is 1. The molecule has 1 saturated heterocycles. The smallest absolute Gasteiger partial charge is 0.309 e. The van der Waals surface area contributed by atoms with E-state index in [-0.39, 0.29) is 5.69 Å². The third kappa shape index (κ3) is 3.48. The van der Waals surface area contributed by atoms with Gasteiger partial charge in [-0.05, 0) is 33.3 Å². The first kappa shape index (κ1) is 18.9. The molecule has 0 radical (unpaired) electrons. The zero-order valence-corrected chi connectivity index (χ0v) is 14.6. The van der Waals surface area contributed by atoms with Gasteiger partial charge in [-0.25, -0.2) is 0 Å². The molecular formula is C17H23N3O5. The van der Waals surface area contributed by atoms with E-state index in [1.54, 1.807) is 12.1 Å². The van der Waals surface area contributed by atoms with Crippen LogP contribution in [0.3, 0.4) is 0 Å². The molecule has 0 saturated carbocycles. The highest BCUT2D eigenvalue weighted by Gasteiger charge is 2.55. The van der Waals surface area contributed by atoms with Gasteiger partial charge in [-0.3, -0.25) is 19.7 Å². The third-order valence-corrected chi connectivity index (χ3v) is 4.92. The molecule has 3 atom stereocenters. The first-order valence-corrected chi connectivity index (χ1v) is 7.97. The maximum absolute atomic E-state index is 12.0. The van der Waals surface area contributed by atoms with Crippen LogP contribution in [0.4, 0.5) is 5.69 Å². The molecule has 1 aromatic rings. The Hall–Kier alpha value is -2.48. The molecule has 1 aliphatic heterocycles. The zero-order valence-electron chi connectivity index (χ0n) is 14.6. The number of benzene rings is 1. The first-order valence-electron chi connectivity index (χ1n) is 7.97. The average Bonchev–Trinajstić information content (AvgIpc) is 2.48. The molecule has 3 unspecified atom stereocenters. The number of rotatable bonds is 5. The van der Waals surface area contributed by atoms with Crippen molar-refractivity contribution < 1.29 is 19.6 Å². The van der Waals surface area contributed by atoms with Gasteiger partial charge in [0.2, 0.25) is 6.41 Å². The number of carboxylic acid groups (broad SMARTS) is 1. The van der Waals surface area contributed by atoms with Crippen molar-refractivity contribution in [2.75, 3.05) is 0 Å². The molecule has 3 N–H and O–H groups in total. The van der Waals surface area contributed by atoms with Crippen LogP contribution in [0.2, 0.25) is 0 Å². The number of nitrogens with one attached hydrogen (secondary N) is 2. The summed E-state index contributed by atoms with van der Waals surface area (Å²) in [7, 11) is 0. The summed E-state index contributed by atoms with van der Waals surface area (Å²) in [5, 5.41) is 26.8. The number of carboxylic acids is 1. The summed E-state index contributed by atoms with van der Waals surface area (Å²) in [6, 6.07) is 5.34. The van der Waals surface area contributed by atoms with Crippen LogP contribution in [0.15, 0.2) is 24.3 Å². The van der Waals surface area contributed by atoms with Crippen molar-refractivity contribution in [3.8, 4) is 0 Å². The second-order valence-electron chi connectivity index (χ2n) is 7.52. The lowest BCUT2D eigenvalue weighted by atomic mass is 9.62. The second-order valence-corrected chi connectivity index (χ2v) is 7.52. The SMILES string of the molecule is CC1(C)NC(C)(C)C(C(=O)O)C(c2ccc([N+](=O)[O-])cc2)C1NC=O. The number of hydrogen-bond acceptors (Lipinski definition) is 5. The van der Waals surface area contributed by atoms with Gasteiger partial charge in [-0.15, -0.1) is 0 Å². The number of nitrogens with zero attached hydrogens (tertiary/aromatic N) is 1. The lowest BCUT2D eigenvalue weighted by Crippen LogP contribution is -2.73. The predicted octanol–water partition coefficient (Wildman–Crippen LogP) is 1.65. The fraction of sp³-hybridized carbons (Fsp3) is 0.529. The monoisotopic (exact) mass is 349 g/mol. The van der Waals surface area contributed by atoms with E-state index < -0.39 is 39.8 Å². The van der Waals surface area contributed by atoms with Crippen molar-refractivity contribution in [2.45, 2.75) is 50.7 Å². The van der Waals surface area contributed by atoms with Gasteiger partial charge < -0.3 is 15.7 Å². The van der Waals surface area contributed by atoms with Gasteiger partial charge in [0.15, 0.2) is 0 Å². The zero-order chi connectivity index (χ0) is 19.0. The van der Waals surface area contributed by atoms with E-state index in [1.807, 2.05) is 27.7 Å². The van der Waals surface area contributed by atoms with Crippen LogP contribution >= 0.6 is 0 Å². The van der Waals surface area contributed by atoms with Crippen molar-refractivity contribution in [1.29, 1.82) is 0 Å². The highest BCUT2D eigenvalue weighted by molar-refractivity contribution is 5.74. The number of non-ortho nitro benzene ring substituents is 1. The van der Waals surface area contributed by atoms with Gasteiger partial charge in [-0.2, -0.15) is 0 Å². The molecule has 1 heterocycles. The van der Waals surface area contributed by atoms with Crippen LogP contribution in [-0.2, 0) is 9.59 Å². The van der Waals surface area contributed by atoms with Crippen LogP contribution in [0.5, 0.6) is 0 Å². The molecule has 136 valence electrons. The van der Waals surface area contributed by atoms with Crippen molar-refractivity contribution in [1.82, 2.24) is 10.6 Å². The molecular weight excluding hydrogens is 326 g/mol. The molecule has 8 nitrogen and oxygen atoms in total. The number of carbonyl (C=O) groups is 2. The highest BCUT2D eigenvalue weighted by atomic mass is 16.6. The van der Waals surface area contributed by atoms with Crippen molar-refractivity contribution in [2.24, 2.45) is 5.92 Å². The van der Waals surface area contributed by atoms with Crippen LogP contribution < -0.4 is 10.6 Å². The van der Waals surface area contributed by atoms with E-state index in [2.05, 4.69) is 10.6 Å². The minimum Gasteiger partial charge on any atom is -0.481 e. The summed E-state index contributed by atoms with van der Waals surface area (Å²) in [6.07, 6.45) is 0.559. The Kier molecular flexibility index (Phi) is 4.85. The Morgan fingerprint density at radius 2 is 1.80 bits per heavy atom.